The highest BCUT2D eigenvalue weighted by Crippen LogP contribution is 2.50. The zero-order chi connectivity index (χ0) is 25.9. The number of carbonyl (C=O) groups is 2. The van der Waals surface area contributed by atoms with E-state index in [0.717, 1.165) is 31.6 Å². The number of amides is 1. The summed E-state index contributed by atoms with van der Waals surface area (Å²) in [4.78, 5) is 31.1. The van der Waals surface area contributed by atoms with Gasteiger partial charge in [-0.1, -0.05) is 70.9 Å². The van der Waals surface area contributed by atoms with Crippen molar-refractivity contribution < 1.29 is 24.0 Å². The van der Waals surface area contributed by atoms with Gasteiger partial charge in [0.15, 0.2) is 5.82 Å². The van der Waals surface area contributed by atoms with Gasteiger partial charge in [0, 0.05) is 12.5 Å². The molecule has 0 spiro atoms. The van der Waals surface area contributed by atoms with Crippen LogP contribution in [0.5, 0.6) is 0 Å². The Balaban J connectivity index is 1.83. The first-order valence-corrected chi connectivity index (χ1v) is 13.4. The molecule has 2 aliphatic rings. The van der Waals surface area contributed by atoms with Crippen LogP contribution in [0.4, 0.5) is 4.79 Å². The Kier molecular flexibility index (Phi) is 8.53. The molecule has 1 aromatic rings. The van der Waals surface area contributed by atoms with Crippen LogP contribution >= 0.6 is 0 Å². The van der Waals surface area contributed by atoms with Gasteiger partial charge in [-0.2, -0.15) is 4.98 Å². The Hall–Kier alpha value is -2.12. The van der Waals surface area contributed by atoms with Gasteiger partial charge in [0.05, 0.1) is 6.42 Å². The molecule has 8 heteroatoms. The van der Waals surface area contributed by atoms with Crippen LogP contribution in [-0.2, 0) is 15.1 Å². The Morgan fingerprint density at radius 3 is 2.43 bits per heavy atom. The first kappa shape index (κ1) is 27.5. The summed E-state index contributed by atoms with van der Waals surface area (Å²) in [6.45, 7) is 12.1. The minimum absolute atomic E-state index is 0.175. The van der Waals surface area contributed by atoms with Gasteiger partial charge in [-0.25, -0.2) is 4.79 Å². The number of ether oxygens (including phenoxy) is 1. The van der Waals surface area contributed by atoms with Crippen LogP contribution in [-0.4, -0.2) is 44.4 Å². The van der Waals surface area contributed by atoms with Crippen molar-refractivity contribution in [3.05, 3.63) is 11.7 Å². The molecule has 1 aromatic heterocycles. The third kappa shape index (κ3) is 6.56. The molecule has 1 N–H and O–H groups in total. The minimum atomic E-state index is -0.971. The van der Waals surface area contributed by atoms with Crippen molar-refractivity contribution in [2.24, 2.45) is 11.3 Å². The van der Waals surface area contributed by atoms with Gasteiger partial charge >= 0.3 is 12.1 Å². The summed E-state index contributed by atoms with van der Waals surface area (Å²) in [5.74, 6) is 1.05. The zero-order valence-electron chi connectivity index (χ0n) is 22.6. The molecule has 1 aliphatic heterocycles. The van der Waals surface area contributed by atoms with E-state index in [1.165, 1.54) is 37.0 Å². The summed E-state index contributed by atoms with van der Waals surface area (Å²) in [6.07, 6.45) is 10.0. The number of rotatable bonds is 8. The van der Waals surface area contributed by atoms with E-state index in [-0.39, 0.29) is 18.3 Å². The van der Waals surface area contributed by atoms with Crippen LogP contribution < -0.4 is 0 Å². The third-order valence-electron chi connectivity index (χ3n) is 7.74. The number of nitrogens with zero attached hydrogens (tertiary/aromatic N) is 3. The summed E-state index contributed by atoms with van der Waals surface area (Å²) in [5, 5.41) is 14.3. The molecule has 2 fully saturated rings. The summed E-state index contributed by atoms with van der Waals surface area (Å²) in [5.41, 5.74) is -1.85. The van der Waals surface area contributed by atoms with Gasteiger partial charge in [0.25, 0.3) is 0 Å². The van der Waals surface area contributed by atoms with Crippen molar-refractivity contribution in [1.29, 1.82) is 0 Å². The lowest BCUT2D eigenvalue weighted by Gasteiger charge is -2.44. The predicted octanol–water partition coefficient (Wildman–Crippen LogP) is 6.65. The van der Waals surface area contributed by atoms with Crippen molar-refractivity contribution >= 4 is 12.1 Å². The third-order valence-corrected chi connectivity index (χ3v) is 7.74. The predicted molar refractivity (Wildman–Crippen MR) is 133 cm³/mol. The number of aromatic nitrogens is 2. The number of hydrogen-bond acceptors (Lipinski definition) is 6. The first-order valence-electron chi connectivity index (χ1n) is 13.4. The Morgan fingerprint density at radius 2 is 1.83 bits per heavy atom. The van der Waals surface area contributed by atoms with Crippen molar-refractivity contribution in [1.82, 2.24) is 15.0 Å². The highest BCUT2D eigenvalue weighted by Gasteiger charge is 2.56. The zero-order valence-corrected chi connectivity index (χ0v) is 22.6. The van der Waals surface area contributed by atoms with Crippen LogP contribution in [0.25, 0.3) is 0 Å². The molecular weight excluding hydrogens is 446 g/mol. The Bertz CT molecular complexity index is 863. The molecule has 2 atom stereocenters. The van der Waals surface area contributed by atoms with Crippen LogP contribution in [0.1, 0.15) is 130 Å². The van der Waals surface area contributed by atoms with E-state index < -0.39 is 22.6 Å². The lowest BCUT2D eigenvalue weighted by molar-refractivity contribution is -0.155. The molecule has 2 heterocycles. The molecule has 0 aromatic carbocycles. The average molecular weight is 492 g/mol. The molecule has 3 rings (SSSR count). The summed E-state index contributed by atoms with van der Waals surface area (Å²) >= 11 is 0. The Labute approximate surface area is 210 Å². The molecular formula is C27H45N3O5. The number of esters is 1. The largest absolute Gasteiger partial charge is 0.465 e. The van der Waals surface area contributed by atoms with E-state index in [0.29, 0.717) is 24.7 Å². The molecule has 1 saturated carbocycles. The highest BCUT2D eigenvalue weighted by molar-refractivity contribution is 5.70. The van der Waals surface area contributed by atoms with Gasteiger partial charge in [0.2, 0.25) is 5.89 Å². The minimum Gasteiger partial charge on any atom is -0.465 e. The second-order valence-corrected chi connectivity index (χ2v) is 12.5. The van der Waals surface area contributed by atoms with E-state index in [1.54, 1.807) is 0 Å². The average Bonchev–Trinajstić information content (AvgIpc) is 3.40. The fourth-order valence-corrected chi connectivity index (χ4v) is 6.02. The van der Waals surface area contributed by atoms with E-state index in [1.807, 2.05) is 41.5 Å². The molecule has 0 radical (unpaired) electrons. The quantitative estimate of drug-likeness (QED) is 0.406. The number of carbonyl (C=O) groups excluding carboxylic acids is 1. The highest BCUT2D eigenvalue weighted by atomic mass is 16.6. The lowest BCUT2D eigenvalue weighted by atomic mass is 9.71. The number of likely N-dealkylation sites (tertiary alicyclic amines) is 1. The second kappa shape index (κ2) is 10.9. The Morgan fingerprint density at radius 1 is 1.14 bits per heavy atom. The van der Waals surface area contributed by atoms with E-state index in [9.17, 15) is 14.7 Å². The van der Waals surface area contributed by atoms with E-state index in [4.69, 9.17) is 14.2 Å². The fraction of sp³-hybridized carbons (Fsp3) is 0.852. The van der Waals surface area contributed by atoms with E-state index >= 15 is 0 Å². The maximum absolute atomic E-state index is 12.7. The SMILES string of the molecule is CC(C)(C)OC(=O)C[C@@H](CCCC1CCCCC1)c1nc([C@@]2(C(C)(C)C)CCCN2C(=O)O)no1. The molecule has 198 valence electrons. The number of hydrogen-bond donors (Lipinski definition) is 1. The van der Waals surface area contributed by atoms with Crippen LogP contribution in [0.15, 0.2) is 4.52 Å². The van der Waals surface area contributed by atoms with Gasteiger partial charge in [-0.05, 0) is 51.4 Å². The first-order chi connectivity index (χ1) is 16.3. The molecule has 1 amide bonds. The summed E-state index contributed by atoms with van der Waals surface area (Å²) in [6, 6.07) is 0. The molecule has 1 aliphatic carbocycles. The summed E-state index contributed by atoms with van der Waals surface area (Å²) in [7, 11) is 0. The molecule has 8 nitrogen and oxygen atoms in total. The fourth-order valence-electron chi connectivity index (χ4n) is 6.02. The monoisotopic (exact) mass is 491 g/mol. The van der Waals surface area contributed by atoms with E-state index in [2.05, 4.69) is 5.16 Å². The van der Waals surface area contributed by atoms with Gasteiger partial charge in [0.1, 0.15) is 11.1 Å². The number of carboxylic acid groups (broad SMARTS) is 1. The van der Waals surface area contributed by atoms with Gasteiger partial charge < -0.3 is 14.4 Å². The van der Waals surface area contributed by atoms with Crippen molar-refractivity contribution in [2.75, 3.05) is 6.54 Å². The van der Waals surface area contributed by atoms with Gasteiger partial charge in [-0.3, -0.25) is 9.69 Å². The lowest BCUT2D eigenvalue weighted by Crippen LogP contribution is -2.53. The smallest absolute Gasteiger partial charge is 0.408 e. The molecule has 35 heavy (non-hydrogen) atoms. The molecule has 0 bridgehead atoms. The standard InChI is InChI=1S/C27H45N3O5/c1-25(2,3)27(16-11-17-30(27)24(32)33)23-28-22(35-29-23)20(18-21(31)34-26(4,5)6)15-10-14-19-12-8-7-9-13-19/h19-20H,7-18H2,1-6H3,(H,32,33)/t20-,27-/m1/s1. The maximum Gasteiger partial charge on any atom is 0.408 e. The van der Waals surface area contributed by atoms with Crippen molar-refractivity contribution in [3.63, 3.8) is 0 Å². The van der Waals surface area contributed by atoms with Crippen molar-refractivity contribution in [3.8, 4) is 0 Å². The molecule has 0 unspecified atom stereocenters. The topological polar surface area (TPSA) is 106 Å². The normalized spacial score (nSPS) is 22.9. The van der Waals surface area contributed by atoms with Crippen LogP contribution in [0.2, 0.25) is 0 Å². The van der Waals surface area contributed by atoms with Crippen LogP contribution in [0.3, 0.4) is 0 Å². The van der Waals surface area contributed by atoms with Crippen LogP contribution in [0, 0.1) is 11.3 Å². The maximum atomic E-state index is 12.7. The second-order valence-electron chi connectivity index (χ2n) is 12.5. The van der Waals surface area contributed by atoms with Crippen molar-refractivity contribution in [2.45, 2.75) is 129 Å². The van der Waals surface area contributed by atoms with Gasteiger partial charge in [-0.15, -0.1) is 0 Å². The summed E-state index contributed by atoms with van der Waals surface area (Å²) < 4.78 is 11.4. The molecule has 1 saturated heterocycles.